The molecule has 1 atom stereocenters. The molecule has 2 aromatic carbocycles. The van der Waals surface area contributed by atoms with Crippen molar-refractivity contribution < 1.29 is 33.3 Å². The molecule has 2 N–H and O–H groups in total. The third kappa shape index (κ3) is 5.11. The van der Waals surface area contributed by atoms with Crippen molar-refractivity contribution in [3.63, 3.8) is 0 Å². The van der Waals surface area contributed by atoms with E-state index in [2.05, 4.69) is 10.3 Å². The van der Waals surface area contributed by atoms with E-state index in [1.165, 1.54) is 30.7 Å². The van der Waals surface area contributed by atoms with Crippen molar-refractivity contribution in [1.29, 1.82) is 0 Å². The van der Waals surface area contributed by atoms with Crippen molar-refractivity contribution in [2.45, 2.75) is 43.9 Å². The van der Waals surface area contributed by atoms with Crippen molar-refractivity contribution in [2.75, 3.05) is 0 Å². The van der Waals surface area contributed by atoms with Gasteiger partial charge < -0.3 is 24.6 Å². The van der Waals surface area contributed by atoms with Crippen molar-refractivity contribution in [2.24, 2.45) is 0 Å². The molecule has 9 heteroatoms. The first kappa shape index (κ1) is 24.3. The van der Waals surface area contributed by atoms with E-state index in [4.69, 9.17) is 14.2 Å². The Hall–Kier alpha value is -4.40. The zero-order chi connectivity index (χ0) is 25.8. The number of carboxylic acids is 1. The van der Waals surface area contributed by atoms with Gasteiger partial charge in [0, 0.05) is 24.7 Å². The van der Waals surface area contributed by atoms with Gasteiger partial charge >= 0.3 is 11.9 Å². The molecule has 1 amide bonds. The summed E-state index contributed by atoms with van der Waals surface area (Å²) in [5, 5.41) is 12.3. The molecule has 8 nitrogen and oxygen atoms in total. The monoisotopic (exact) mass is 504 g/mol. The van der Waals surface area contributed by atoms with Gasteiger partial charge in [0.05, 0.1) is 5.41 Å². The van der Waals surface area contributed by atoms with Gasteiger partial charge in [0.2, 0.25) is 12.2 Å². The highest BCUT2D eigenvalue weighted by Gasteiger charge is 2.46. The fourth-order valence-corrected chi connectivity index (χ4v) is 4.42. The highest BCUT2D eigenvalue weighted by molar-refractivity contribution is 5.96. The molecule has 1 unspecified atom stereocenters. The maximum absolute atomic E-state index is 14.8. The normalized spacial score (nSPS) is 17.5. The Balaban J connectivity index is 1.20. The number of pyridine rings is 1. The van der Waals surface area contributed by atoms with Gasteiger partial charge in [-0.25, -0.2) is 9.37 Å². The van der Waals surface area contributed by atoms with E-state index in [1.54, 1.807) is 12.1 Å². The summed E-state index contributed by atoms with van der Waals surface area (Å²) in [6, 6.07) is 17.2. The summed E-state index contributed by atoms with van der Waals surface area (Å²) in [5.41, 5.74) is 0.827. The van der Waals surface area contributed by atoms with Crippen LogP contribution in [0.1, 0.15) is 46.3 Å². The number of ether oxygens (including phenoxy) is 3. The minimum absolute atomic E-state index is 0.0133. The summed E-state index contributed by atoms with van der Waals surface area (Å²) in [6.07, 6.45) is 4.51. The number of rotatable bonds is 9. The number of hydrogen-bond acceptors (Lipinski definition) is 6. The van der Waals surface area contributed by atoms with Crippen LogP contribution in [0.4, 0.5) is 4.39 Å². The predicted molar refractivity (Wildman–Crippen MR) is 130 cm³/mol. The molecule has 37 heavy (non-hydrogen) atoms. The number of nitrogens with zero attached hydrogens (tertiary/aromatic N) is 1. The van der Waals surface area contributed by atoms with Gasteiger partial charge in [0.25, 0.3) is 5.91 Å². The number of carbonyl (C=O) groups excluding carboxylic acids is 1. The summed E-state index contributed by atoms with van der Waals surface area (Å²) in [5.74, 6) is -1.95. The fourth-order valence-electron chi connectivity index (χ4n) is 4.42. The van der Waals surface area contributed by atoms with Crippen LogP contribution < -0.4 is 10.1 Å². The van der Waals surface area contributed by atoms with Gasteiger partial charge in [-0.3, -0.25) is 9.59 Å². The lowest BCUT2D eigenvalue weighted by Gasteiger charge is -2.38. The zero-order valence-electron chi connectivity index (χ0n) is 19.9. The highest BCUT2D eigenvalue weighted by atomic mass is 19.1. The van der Waals surface area contributed by atoms with Crippen LogP contribution in [0.3, 0.4) is 0 Å². The lowest BCUT2D eigenvalue weighted by molar-refractivity contribution is -0.147. The molecular formula is C28H25FN2O6. The van der Waals surface area contributed by atoms with Crippen LogP contribution in [0.15, 0.2) is 79.1 Å². The standard InChI is InChI=1S/C28H25FN2O6/c29-22-15-20(28(27(33)34)11-5-12-28)10-9-19(22)16-31-25(32)21-8-4-13-30-26(21)37-24-17-35-23(36-24)14-18-6-2-1-3-7-18/h1-4,6-10,13,15,17,23H,5,11-12,14,16H2,(H,31,32)(H,33,34). The molecule has 1 aliphatic carbocycles. The van der Waals surface area contributed by atoms with Gasteiger partial charge in [-0.05, 0) is 42.2 Å². The number of benzene rings is 2. The summed E-state index contributed by atoms with van der Waals surface area (Å²) in [6.45, 7) is -0.0964. The van der Waals surface area contributed by atoms with E-state index >= 15 is 0 Å². The third-order valence-electron chi connectivity index (χ3n) is 6.68. The Bertz CT molecular complexity index is 1340. The molecule has 2 aliphatic rings. The minimum Gasteiger partial charge on any atom is -0.481 e. The number of hydrogen-bond donors (Lipinski definition) is 2. The first-order valence-electron chi connectivity index (χ1n) is 11.9. The van der Waals surface area contributed by atoms with E-state index in [1.807, 2.05) is 30.3 Å². The molecule has 1 saturated carbocycles. The molecule has 1 aromatic heterocycles. The van der Waals surface area contributed by atoms with Crippen LogP contribution in [-0.2, 0) is 32.6 Å². The van der Waals surface area contributed by atoms with Gasteiger partial charge in [0.1, 0.15) is 11.4 Å². The Labute approximate surface area is 212 Å². The molecule has 0 spiro atoms. The molecule has 2 heterocycles. The van der Waals surface area contributed by atoms with Crippen LogP contribution in [0.5, 0.6) is 5.88 Å². The van der Waals surface area contributed by atoms with E-state index < -0.39 is 29.4 Å². The van der Waals surface area contributed by atoms with E-state index in [9.17, 15) is 19.1 Å². The Morgan fingerprint density at radius 1 is 1.14 bits per heavy atom. The smallest absolute Gasteiger partial charge is 0.325 e. The van der Waals surface area contributed by atoms with Gasteiger partial charge in [-0.1, -0.05) is 48.9 Å². The molecule has 0 bridgehead atoms. The molecule has 3 aromatic rings. The number of aromatic nitrogens is 1. The quantitative estimate of drug-likeness (QED) is 0.443. The van der Waals surface area contributed by atoms with Crippen molar-refractivity contribution in [1.82, 2.24) is 10.3 Å². The van der Waals surface area contributed by atoms with Gasteiger partial charge in [-0.15, -0.1) is 0 Å². The number of nitrogens with one attached hydrogen (secondary N) is 1. The summed E-state index contributed by atoms with van der Waals surface area (Å²) < 4.78 is 31.6. The molecule has 190 valence electrons. The van der Waals surface area contributed by atoms with Crippen LogP contribution in [0.2, 0.25) is 0 Å². The second-order valence-electron chi connectivity index (χ2n) is 9.00. The summed E-state index contributed by atoms with van der Waals surface area (Å²) in [4.78, 5) is 28.7. The topological polar surface area (TPSA) is 107 Å². The first-order valence-corrected chi connectivity index (χ1v) is 11.9. The Morgan fingerprint density at radius 2 is 1.95 bits per heavy atom. The summed E-state index contributed by atoms with van der Waals surface area (Å²) >= 11 is 0. The van der Waals surface area contributed by atoms with Crippen molar-refractivity contribution >= 4 is 11.9 Å². The van der Waals surface area contributed by atoms with E-state index in [0.29, 0.717) is 24.8 Å². The average Bonchev–Trinajstić information content (AvgIpc) is 3.30. The van der Waals surface area contributed by atoms with E-state index in [0.717, 1.165) is 12.0 Å². The second kappa shape index (κ2) is 10.3. The van der Waals surface area contributed by atoms with Crippen molar-refractivity contribution in [3.8, 4) is 5.88 Å². The third-order valence-corrected chi connectivity index (χ3v) is 6.68. The maximum Gasteiger partial charge on any atom is 0.325 e. The molecule has 0 saturated heterocycles. The van der Waals surface area contributed by atoms with E-state index in [-0.39, 0.29) is 29.5 Å². The van der Waals surface area contributed by atoms with Gasteiger partial charge in [0.15, 0.2) is 6.26 Å². The molecule has 0 radical (unpaired) electrons. The molecule has 1 fully saturated rings. The zero-order valence-corrected chi connectivity index (χ0v) is 19.9. The average molecular weight is 505 g/mol. The molecular weight excluding hydrogens is 479 g/mol. The first-order chi connectivity index (χ1) is 17.9. The van der Waals surface area contributed by atoms with Gasteiger partial charge in [-0.2, -0.15) is 0 Å². The van der Waals surface area contributed by atoms with Crippen LogP contribution in [-0.4, -0.2) is 28.3 Å². The van der Waals surface area contributed by atoms with Crippen molar-refractivity contribution in [3.05, 3.63) is 107 Å². The number of amides is 1. The largest absolute Gasteiger partial charge is 0.481 e. The molecule has 5 rings (SSSR count). The SMILES string of the molecule is O=C(NCc1ccc(C2(C(=O)O)CCC2)cc1F)c1cccnc1OC1=COC(Cc2ccccc2)O1. The molecule has 1 aliphatic heterocycles. The lowest BCUT2D eigenvalue weighted by Crippen LogP contribution is -2.42. The Kier molecular flexibility index (Phi) is 6.76. The second-order valence-corrected chi connectivity index (χ2v) is 9.00. The predicted octanol–water partition coefficient (Wildman–Crippen LogP) is 4.45. The highest BCUT2D eigenvalue weighted by Crippen LogP contribution is 2.44. The Morgan fingerprint density at radius 3 is 2.65 bits per heavy atom. The lowest BCUT2D eigenvalue weighted by atomic mass is 9.64. The number of carbonyl (C=O) groups is 2. The van der Waals surface area contributed by atoms with Crippen LogP contribution >= 0.6 is 0 Å². The maximum atomic E-state index is 14.8. The van der Waals surface area contributed by atoms with Crippen LogP contribution in [0.25, 0.3) is 0 Å². The fraction of sp³-hybridized carbons (Fsp3) is 0.250. The number of aliphatic carboxylic acids is 1. The minimum atomic E-state index is -1.02. The number of halogens is 1. The van der Waals surface area contributed by atoms with Crippen LogP contribution in [0, 0.1) is 5.82 Å². The summed E-state index contributed by atoms with van der Waals surface area (Å²) in [7, 11) is 0. The number of carboxylic acid groups (broad SMARTS) is 1.